The third-order valence-corrected chi connectivity index (χ3v) is 2.86. The van der Waals surface area contributed by atoms with Crippen LogP contribution in [0.1, 0.15) is 11.3 Å². The molecule has 2 aromatic rings. The van der Waals surface area contributed by atoms with Crippen LogP contribution in [0.3, 0.4) is 0 Å². The third-order valence-electron chi connectivity index (χ3n) is 1.99. The minimum atomic E-state index is -0.527. The molecular weight excluding hydrogens is 225 g/mol. The summed E-state index contributed by atoms with van der Waals surface area (Å²) in [6, 6.07) is 6.30. The largest absolute Gasteiger partial charge is 0.330 e. The summed E-state index contributed by atoms with van der Waals surface area (Å²) in [4.78, 5) is 4.19. The molecule has 0 unspecified atom stereocenters. The van der Waals surface area contributed by atoms with E-state index in [9.17, 15) is 4.39 Å². The Bertz CT molecular complexity index is 557. The molecule has 0 bridgehead atoms. The number of nitriles is 1. The van der Waals surface area contributed by atoms with Crippen molar-refractivity contribution in [1.29, 1.82) is 5.26 Å². The highest BCUT2D eigenvalue weighted by atomic mass is 32.1. The van der Waals surface area contributed by atoms with Gasteiger partial charge in [0.05, 0.1) is 11.4 Å². The first-order valence-corrected chi connectivity index (χ1v) is 5.46. The molecule has 80 valence electrons. The van der Waals surface area contributed by atoms with E-state index in [-0.39, 0.29) is 5.56 Å². The average Bonchev–Trinajstić information content (AvgIpc) is 2.64. The van der Waals surface area contributed by atoms with E-state index in [1.807, 2.05) is 18.4 Å². The smallest absolute Gasteiger partial charge is 0.187 e. The number of halogens is 1. The maximum atomic E-state index is 13.3. The van der Waals surface area contributed by atoms with Crippen molar-refractivity contribution >= 4 is 22.2 Å². The number of anilines is 2. The number of hydrogen-bond donors (Lipinski definition) is 1. The lowest BCUT2D eigenvalue weighted by Gasteiger charge is -2.04. The molecule has 3 nitrogen and oxygen atoms in total. The van der Waals surface area contributed by atoms with Crippen LogP contribution in [0.5, 0.6) is 0 Å². The molecule has 0 aliphatic rings. The Morgan fingerprint density at radius 3 is 2.94 bits per heavy atom. The number of thiazole rings is 1. The van der Waals surface area contributed by atoms with Crippen LogP contribution in [0.15, 0.2) is 23.6 Å². The van der Waals surface area contributed by atoms with Crippen LogP contribution >= 0.6 is 11.3 Å². The maximum Gasteiger partial charge on any atom is 0.187 e. The fraction of sp³-hybridized carbons (Fsp3) is 0.0909. The number of aromatic nitrogens is 1. The van der Waals surface area contributed by atoms with Gasteiger partial charge < -0.3 is 5.32 Å². The number of hydrogen-bond acceptors (Lipinski definition) is 4. The molecule has 0 fully saturated rings. The SMILES string of the molecule is Cc1csc(Nc2cccc(F)c2C#N)n1. The Hall–Kier alpha value is -1.93. The van der Waals surface area contributed by atoms with Gasteiger partial charge in [-0.2, -0.15) is 5.26 Å². The Morgan fingerprint density at radius 1 is 1.50 bits per heavy atom. The van der Waals surface area contributed by atoms with Crippen molar-refractivity contribution in [3.63, 3.8) is 0 Å². The van der Waals surface area contributed by atoms with Crippen molar-refractivity contribution in [2.24, 2.45) is 0 Å². The molecule has 1 aromatic heterocycles. The number of nitrogens with zero attached hydrogens (tertiary/aromatic N) is 2. The van der Waals surface area contributed by atoms with Gasteiger partial charge in [0.15, 0.2) is 5.13 Å². The molecular formula is C11H8FN3S. The Kier molecular flexibility index (Phi) is 2.84. The van der Waals surface area contributed by atoms with Crippen LogP contribution in [0.25, 0.3) is 0 Å². The molecule has 0 saturated carbocycles. The van der Waals surface area contributed by atoms with Crippen molar-refractivity contribution in [3.8, 4) is 6.07 Å². The Morgan fingerprint density at radius 2 is 2.31 bits per heavy atom. The van der Waals surface area contributed by atoms with Gasteiger partial charge in [0.1, 0.15) is 17.4 Å². The van der Waals surface area contributed by atoms with E-state index in [0.717, 1.165) is 5.69 Å². The standard InChI is InChI=1S/C11H8FN3S/c1-7-6-16-11(14-7)15-10-4-2-3-9(12)8(10)5-13/h2-4,6H,1H3,(H,14,15). The number of benzene rings is 1. The Balaban J connectivity index is 2.35. The van der Waals surface area contributed by atoms with Gasteiger partial charge in [-0.1, -0.05) is 6.07 Å². The van der Waals surface area contributed by atoms with Gasteiger partial charge in [-0.15, -0.1) is 11.3 Å². The minimum absolute atomic E-state index is 0.00959. The monoisotopic (exact) mass is 233 g/mol. The first-order chi connectivity index (χ1) is 7.70. The topological polar surface area (TPSA) is 48.7 Å². The Labute approximate surface area is 96.2 Å². The molecule has 0 aliphatic heterocycles. The highest BCUT2D eigenvalue weighted by Gasteiger charge is 2.08. The number of aryl methyl sites for hydroxylation is 1. The lowest BCUT2D eigenvalue weighted by molar-refractivity contribution is 0.624. The van der Waals surface area contributed by atoms with Gasteiger partial charge in [0, 0.05) is 5.38 Å². The van der Waals surface area contributed by atoms with E-state index in [4.69, 9.17) is 5.26 Å². The number of nitrogens with one attached hydrogen (secondary N) is 1. The zero-order chi connectivity index (χ0) is 11.5. The third kappa shape index (κ3) is 2.02. The maximum absolute atomic E-state index is 13.3. The van der Waals surface area contributed by atoms with E-state index < -0.39 is 5.82 Å². The van der Waals surface area contributed by atoms with Crippen molar-refractivity contribution in [1.82, 2.24) is 4.98 Å². The first-order valence-electron chi connectivity index (χ1n) is 4.58. The summed E-state index contributed by atoms with van der Waals surface area (Å²) in [5.74, 6) is -0.527. The van der Waals surface area contributed by atoms with E-state index >= 15 is 0 Å². The minimum Gasteiger partial charge on any atom is -0.330 e. The number of rotatable bonds is 2. The predicted octanol–water partition coefficient (Wildman–Crippen LogP) is 3.21. The van der Waals surface area contributed by atoms with Crippen LogP contribution in [0.4, 0.5) is 15.2 Å². The van der Waals surface area contributed by atoms with E-state index in [1.165, 1.54) is 17.4 Å². The molecule has 2 rings (SSSR count). The molecule has 0 amide bonds. The fourth-order valence-corrected chi connectivity index (χ4v) is 1.97. The van der Waals surface area contributed by atoms with Crippen LogP contribution in [0.2, 0.25) is 0 Å². The lowest BCUT2D eigenvalue weighted by Crippen LogP contribution is -1.95. The molecule has 5 heteroatoms. The summed E-state index contributed by atoms with van der Waals surface area (Å²) in [6.07, 6.45) is 0. The quantitative estimate of drug-likeness (QED) is 0.866. The van der Waals surface area contributed by atoms with Crippen LogP contribution in [-0.4, -0.2) is 4.98 Å². The summed E-state index contributed by atoms with van der Waals surface area (Å²) in [5, 5.41) is 14.3. The second-order valence-corrected chi connectivity index (χ2v) is 4.05. The van der Waals surface area contributed by atoms with Crippen LogP contribution < -0.4 is 5.32 Å². The van der Waals surface area contributed by atoms with Crippen molar-refractivity contribution in [2.45, 2.75) is 6.92 Å². The predicted molar refractivity (Wildman–Crippen MR) is 61.2 cm³/mol. The van der Waals surface area contributed by atoms with E-state index in [1.54, 1.807) is 12.1 Å². The summed E-state index contributed by atoms with van der Waals surface area (Å²) >= 11 is 1.42. The van der Waals surface area contributed by atoms with E-state index in [2.05, 4.69) is 10.3 Å². The van der Waals surface area contributed by atoms with Gasteiger partial charge in [-0.3, -0.25) is 0 Å². The second-order valence-electron chi connectivity index (χ2n) is 3.19. The molecule has 1 aromatic carbocycles. The first kappa shape index (κ1) is 10.6. The molecule has 0 radical (unpaired) electrons. The van der Waals surface area contributed by atoms with Crippen molar-refractivity contribution in [2.75, 3.05) is 5.32 Å². The van der Waals surface area contributed by atoms with Crippen molar-refractivity contribution in [3.05, 3.63) is 40.7 Å². The zero-order valence-electron chi connectivity index (χ0n) is 8.49. The molecule has 1 heterocycles. The highest BCUT2D eigenvalue weighted by molar-refractivity contribution is 7.13. The normalized spacial score (nSPS) is 9.81. The molecule has 16 heavy (non-hydrogen) atoms. The second kappa shape index (κ2) is 4.29. The lowest BCUT2D eigenvalue weighted by atomic mass is 10.2. The highest BCUT2D eigenvalue weighted by Crippen LogP contribution is 2.24. The van der Waals surface area contributed by atoms with Gasteiger partial charge in [0.2, 0.25) is 0 Å². The molecule has 0 aliphatic carbocycles. The average molecular weight is 233 g/mol. The molecule has 0 spiro atoms. The van der Waals surface area contributed by atoms with Crippen LogP contribution in [-0.2, 0) is 0 Å². The van der Waals surface area contributed by atoms with E-state index in [0.29, 0.717) is 10.8 Å². The van der Waals surface area contributed by atoms with Gasteiger partial charge in [-0.05, 0) is 19.1 Å². The van der Waals surface area contributed by atoms with Crippen LogP contribution in [0, 0.1) is 24.1 Å². The summed E-state index contributed by atoms with van der Waals surface area (Å²) < 4.78 is 13.3. The summed E-state index contributed by atoms with van der Waals surface area (Å²) in [6.45, 7) is 1.87. The summed E-state index contributed by atoms with van der Waals surface area (Å²) in [7, 11) is 0. The van der Waals surface area contributed by atoms with Crippen molar-refractivity contribution < 1.29 is 4.39 Å². The van der Waals surface area contributed by atoms with Gasteiger partial charge >= 0.3 is 0 Å². The molecule has 0 saturated heterocycles. The fourth-order valence-electron chi connectivity index (χ4n) is 1.27. The van der Waals surface area contributed by atoms with Gasteiger partial charge in [-0.25, -0.2) is 9.37 Å². The molecule has 0 atom stereocenters. The van der Waals surface area contributed by atoms with Gasteiger partial charge in [0.25, 0.3) is 0 Å². The summed E-state index contributed by atoms with van der Waals surface area (Å²) in [5.41, 5.74) is 1.34. The molecule has 1 N–H and O–H groups in total. The zero-order valence-corrected chi connectivity index (χ0v) is 9.31.